The van der Waals surface area contributed by atoms with Crippen LogP contribution in [0.25, 0.3) is 0 Å². The molecule has 0 atom stereocenters. The van der Waals surface area contributed by atoms with Gasteiger partial charge in [0, 0.05) is 19.2 Å². The summed E-state index contributed by atoms with van der Waals surface area (Å²) in [6, 6.07) is 6.34. The summed E-state index contributed by atoms with van der Waals surface area (Å²) in [7, 11) is 1.87. The normalized spacial score (nSPS) is 15.3. The van der Waals surface area contributed by atoms with Gasteiger partial charge in [0.1, 0.15) is 0 Å². The minimum atomic E-state index is 0.175. The number of hydrogen-bond donors (Lipinski definition) is 0. The van der Waals surface area contributed by atoms with Gasteiger partial charge in [-0.2, -0.15) is 0 Å². The maximum Gasteiger partial charge on any atom is 0.253 e. The highest BCUT2D eigenvalue weighted by Gasteiger charge is 2.21. The van der Waals surface area contributed by atoms with Crippen molar-refractivity contribution in [3.05, 3.63) is 34.9 Å². The van der Waals surface area contributed by atoms with E-state index in [4.69, 9.17) is 0 Å². The molecule has 2 nitrogen and oxygen atoms in total. The molecule has 15 heavy (non-hydrogen) atoms. The summed E-state index contributed by atoms with van der Waals surface area (Å²) in [5, 5.41) is 0. The minimum absolute atomic E-state index is 0.175. The van der Waals surface area contributed by atoms with Gasteiger partial charge in [0.05, 0.1) is 0 Å². The van der Waals surface area contributed by atoms with Crippen LogP contribution in [-0.2, 0) is 12.8 Å². The third kappa shape index (κ3) is 1.89. The van der Waals surface area contributed by atoms with E-state index in [1.807, 2.05) is 7.05 Å². The average Bonchev–Trinajstić information content (AvgIpc) is 2.25. The molecular formula is C13H17NO. The summed E-state index contributed by atoms with van der Waals surface area (Å²) in [6.45, 7) is 3.01. The van der Waals surface area contributed by atoms with Crippen molar-refractivity contribution in [1.82, 2.24) is 4.90 Å². The Labute approximate surface area is 90.9 Å². The number of aryl methyl sites for hydroxylation is 1. The number of hydrogen-bond acceptors (Lipinski definition) is 1. The molecule has 1 aliphatic heterocycles. The van der Waals surface area contributed by atoms with E-state index in [-0.39, 0.29) is 5.91 Å². The van der Waals surface area contributed by atoms with E-state index >= 15 is 0 Å². The molecule has 0 saturated heterocycles. The Hall–Kier alpha value is -1.31. The van der Waals surface area contributed by atoms with Gasteiger partial charge in [-0.3, -0.25) is 4.79 Å². The van der Waals surface area contributed by atoms with Gasteiger partial charge in [-0.25, -0.2) is 0 Å². The van der Waals surface area contributed by atoms with Gasteiger partial charge in [-0.05, 0) is 30.0 Å². The number of carbonyl (C=O) groups is 1. The zero-order valence-electron chi connectivity index (χ0n) is 9.42. The van der Waals surface area contributed by atoms with E-state index in [2.05, 4.69) is 25.1 Å². The molecule has 0 N–H and O–H groups in total. The fourth-order valence-corrected chi connectivity index (χ4v) is 2.08. The van der Waals surface area contributed by atoms with Crippen molar-refractivity contribution in [1.29, 1.82) is 0 Å². The number of fused-ring (bicyclic) bond motifs is 1. The van der Waals surface area contributed by atoms with Crippen LogP contribution < -0.4 is 0 Å². The molecule has 0 unspecified atom stereocenters. The van der Waals surface area contributed by atoms with Crippen LogP contribution in [0.4, 0.5) is 0 Å². The van der Waals surface area contributed by atoms with Crippen LogP contribution in [0.1, 0.15) is 34.8 Å². The maximum atomic E-state index is 11.9. The fraction of sp³-hybridized carbons (Fsp3) is 0.462. The summed E-state index contributed by atoms with van der Waals surface area (Å²) in [4.78, 5) is 13.7. The van der Waals surface area contributed by atoms with Gasteiger partial charge in [-0.1, -0.05) is 25.5 Å². The first-order valence-electron chi connectivity index (χ1n) is 5.59. The van der Waals surface area contributed by atoms with Gasteiger partial charge in [-0.15, -0.1) is 0 Å². The Balaban J connectivity index is 2.37. The summed E-state index contributed by atoms with van der Waals surface area (Å²) in [5.74, 6) is 0.175. The van der Waals surface area contributed by atoms with Crippen LogP contribution in [0.2, 0.25) is 0 Å². The van der Waals surface area contributed by atoms with Crippen molar-refractivity contribution in [2.75, 3.05) is 13.6 Å². The number of benzene rings is 1. The first kappa shape index (κ1) is 10.2. The fourth-order valence-electron chi connectivity index (χ4n) is 2.08. The number of amides is 1. The zero-order valence-corrected chi connectivity index (χ0v) is 9.42. The molecule has 2 rings (SSSR count). The number of likely N-dealkylation sites (N-methyl/N-ethyl adjacent to an activating group) is 1. The highest BCUT2D eigenvalue weighted by atomic mass is 16.2. The van der Waals surface area contributed by atoms with Crippen LogP contribution >= 0.6 is 0 Å². The van der Waals surface area contributed by atoms with E-state index in [0.29, 0.717) is 0 Å². The van der Waals surface area contributed by atoms with Gasteiger partial charge >= 0.3 is 0 Å². The topological polar surface area (TPSA) is 20.3 Å². The zero-order chi connectivity index (χ0) is 10.8. The third-order valence-corrected chi connectivity index (χ3v) is 3.01. The molecule has 1 aromatic rings. The SMILES string of the molecule is CCCc1ccc2c(c1)C(=O)N(C)CC2. The highest BCUT2D eigenvalue weighted by Crippen LogP contribution is 2.20. The molecule has 0 aromatic heterocycles. The lowest BCUT2D eigenvalue weighted by atomic mass is 9.96. The molecule has 0 spiro atoms. The smallest absolute Gasteiger partial charge is 0.253 e. The molecule has 2 heteroatoms. The Morgan fingerprint density at radius 1 is 1.40 bits per heavy atom. The maximum absolute atomic E-state index is 11.9. The van der Waals surface area contributed by atoms with Crippen molar-refractivity contribution >= 4 is 5.91 Å². The highest BCUT2D eigenvalue weighted by molar-refractivity contribution is 5.96. The van der Waals surface area contributed by atoms with Gasteiger partial charge in [0.15, 0.2) is 0 Å². The molecular weight excluding hydrogens is 186 g/mol. The lowest BCUT2D eigenvalue weighted by Gasteiger charge is -2.25. The molecule has 1 heterocycles. The van der Waals surface area contributed by atoms with Gasteiger partial charge in [0.2, 0.25) is 0 Å². The first-order valence-corrected chi connectivity index (χ1v) is 5.59. The summed E-state index contributed by atoms with van der Waals surface area (Å²) >= 11 is 0. The number of nitrogens with zero attached hydrogens (tertiary/aromatic N) is 1. The van der Waals surface area contributed by atoms with E-state index in [1.165, 1.54) is 11.1 Å². The predicted molar refractivity (Wildman–Crippen MR) is 61.1 cm³/mol. The van der Waals surface area contributed by atoms with E-state index in [1.54, 1.807) is 4.90 Å². The average molecular weight is 203 g/mol. The Morgan fingerprint density at radius 3 is 2.93 bits per heavy atom. The lowest BCUT2D eigenvalue weighted by Crippen LogP contribution is -2.34. The summed E-state index contributed by atoms with van der Waals surface area (Å²) in [6.07, 6.45) is 3.18. The second-order valence-corrected chi connectivity index (χ2v) is 4.22. The number of rotatable bonds is 2. The molecule has 80 valence electrons. The van der Waals surface area contributed by atoms with Crippen LogP contribution in [-0.4, -0.2) is 24.4 Å². The Kier molecular flexibility index (Phi) is 2.76. The molecule has 0 saturated carbocycles. The van der Waals surface area contributed by atoms with Crippen molar-refractivity contribution in [2.24, 2.45) is 0 Å². The Bertz CT molecular complexity index is 384. The van der Waals surface area contributed by atoms with Gasteiger partial charge < -0.3 is 4.90 Å². The predicted octanol–water partition coefficient (Wildman–Crippen LogP) is 2.27. The van der Waals surface area contributed by atoms with E-state index in [0.717, 1.165) is 31.4 Å². The van der Waals surface area contributed by atoms with E-state index < -0.39 is 0 Å². The van der Waals surface area contributed by atoms with Crippen LogP contribution in [0.5, 0.6) is 0 Å². The van der Waals surface area contributed by atoms with Crippen LogP contribution in [0, 0.1) is 0 Å². The minimum Gasteiger partial charge on any atom is -0.341 e. The molecule has 1 aliphatic rings. The largest absolute Gasteiger partial charge is 0.341 e. The number of carbonyl (C=O) groups excluding carboxylic acids is 1. The quantitative estimate of drug-likeness (QED) is 0.722. The standard InChI is InChI=1S/C13H17NO/c1-3-4-10-5-6-11-7-8-14(2)13(15)12(11)9-10/h5-6,9H,3-4,7-8H2,1-2H3. The molecule has 1 amide bonds. The summed E-state index contributed by atoms with van der Waals surface area (Å²) in [5.41, 5.74) is 3.40. The van der Waals surface area contributed by atoms with Crippen molar-refractivity contribution in [2.45, 2.75) is 26.2 Å². The van der Waals surface area contributed by atoms with Crippen molar-refractivity contribution in [3.63, 3.8) is 0 Å². The van der Waals surface area contributed by atoms with Crippen LogP contribution in [0.3, 0.4) is 0 Å². The first-order chi connectivity index (χ1) is 7.22. The molecule has 0 radical (unpaired) electrons. The molecule has 0 aliphatic carbocycles. The lowest BCUT2D eigenvalue weighted by molar-refractivity contribution is 0.0781. The molecule has 1 aromatic carbocycles. The summed E-state index contributed by atoms with van der Waals surface area (Å²) < 4.78 is 0. The second kappa shape index (κ2) is 4.05. The monoisotopic (exact) mass is 203 g/mol. The van der Waals surface area contributed by atoms with Crippen LogP contribution in [0.15, 0.2) is 18.2 Å². The second-order valence-electron chi connectivity index (χ2n) is 4.22. The molecule has 0 fully saturated rings. The van der Waals surface area contributed by atoms with E-state index in [9.17, 15) is 4.79 Å². The molecule has 0 bridgehead atoms. The van der Waals surface area contributed by atoms with Gasteiger partial charge in [0.25, 0.3) is 5.91 Å². The van der Waals surface area contributed by atoms with Crippen molar-refractivity contribution in [3.8, 4) is 0 Å². The van der Waals surface area contributed by atoms with Crippen molar-refractivity contribution < 1.29 is 4.79 Å². The Morgan fingerprint density at radius 2 is 2.20 bits per heavy atom. The third-order valence-electron chi connectivity index (χ3n) is 3.01.